The maximum absolute atomic E-state index is 13.0. The summed E-state index contributed by atoms with van der Waals surface area (Å²) in [4.78, 5) is 28.9. The minimum atomic E-state index is -0.385. The maximum atomic E-state index is 13.0. The molecule has 0 saturated carbocycles. The molecule has 0 aliphatic carbocycles. The Bertz CT molecular complexity index is 1000. The highest BCUT2D eigenvalue weighted by atomic mass is 16.2. The largest absolute Gasteiger partial charge is 0.378 e. The monoisotopic (exact) mass is 400 g/mol. The van der Waals surface area contributed by atoms with E-state index in [1.807, 2.05) is 67.5 Å². The summed E-state index contributed by atoms with van der Waals surface area (Å²) in [5.74, 6) is -0.635. The Morgan fingerprint density at radius 2 is 1.43 bits per heavy atom. The van der Waals surface area contributed by atoms with Gasteiger partial charge in [0.05, 0.1) is 6.21 Å². The first-order valence-electron chi connectivity index (χ1n) is 9.56. The molecule has 1 N–H and O–H groups in total. The molecule has 3 aromatic carbocycles. The van der Waals surface area contributed by atoms with E-state index in [9.17, 15) is 9.59 Å². The third-order valence-corrected chi connectivity index (χ3v) is 4.45. The van der Waals surface area contributed by atoms with Crippen LogP contribution in [0.25, 0.3) is 0 Å². The average Bonchev–Trinajstić information content (AvgIpc) is 2.78. The molecule has 3 aromatic rings. The van der Waals surface area contributed by atoms with E-state index in [0.717, 1.165) is 11.3 Å². The van der Waals surface area contributed by atoms with Crippen LogP contribution >= 0.6 is 0 Å². The van der Waals surface area contributed by atoms with Crippen LogP contribution in [0, 0.1) is 0 Å². The lowest BCUT2D eigenvalue weighted by atomic mass is 10.2. The van der Waals surface area contributed by atoms with Crippen LogP contribution in [0.1, 0.15) is 15.9 Å². The predicted octanol–water partition coefficient (Wildman–Crippen LogP) is 3.55. The quantitative estimate of drug-likeness (QED) is 0.487. The van der Waals surface area contributed by atoms with Crippen LogP contribution in [-0.4, -0.2) is 38.7 Å². The molecule has 0 bridgehead atoms. The summed E-state index contributed by atoms with van der Waals surface area (Å²) in [6.07, 6.45) is 1.57. The van der Waals surface area contributed by atoms with Crippen molar-refractivity contribution in [3.05, 3.63) is 96.1 Å². The Kier molecular flexibility index (Phi) is 6.95. The van der Waals surface area contributed by atoms with Crippen molar-refractivity contribution in [2.75, 3.05) is 30.4 Å². The zero-order valence-electron chi connectivity index (χ0n) is 17.0. The van der Waals surface area contributed by atoms with Crippen LogP contribution in [0.3, 0.4) is 0 Å². The molecule has 0 atom stereocenters. The minimum Gasteiger partial charge on any atom is -0.378 e. The molecule has 0 heterocycles. The van der Waals surface area contributed by atoms with Gasteiger partial charge < -0.3 is 4.90 Å². The smallest absolute Gasteiger partial charge is 0.260 e. The van der Waals surface area contributed by atoms with Crippen molar-refractivity contribution in [1.29, 1.82) is 0 Å². The average molecular weight is 400 g/mol. The number of benzene rings is 3. The molecule has 6 heteroatoms. The first kappa shape index (κ1) is 20.8. The van der Waals surface area contributed by atoms with Gasteiger partial charge in [-0.1, -0.05) is 48.5 Å². The van der Waals surface area contributed by atoms with Gasteiger partial charge in [0.2, 0.25) is 0 Å². The topological polar surface area (TPSA) is 65.0 Å². The zero-order valence-corrected chi connectivity index (χ0v) is 17.0. The van der Waals surface area contributed by atoms with E-state index in [1.165, 1.54) is 4.90 Å². The summed E-state index contributed by atoms with van der Waals surface area (Å²) in [5.41, 5.74) is 5.60. The number of hydrogen-bond donors (Lipinski definition) is 1. The molecule has 0 radical (unpaired) electrons. The summed E-state index contributed by atoms with van der Waals surface area (Å²) >= 11 is 0. The van der Waals surface area contributed by atoms with Gasteiger partial charge in [-0.25, -0.2) is 5.43 Å². The van der Waals surface area contributed by atoms with Gasteiger partial charge in [-0.05, 0) is 42.0 Å². The third-order valence-electron chi connectivity index (χ3n) is 4.45. The molecule has 30 heavy (non-hydrogen) atoms. The fraction of sp³-hybridized carbons (Fsp3) is 0.125. The lowest BCUT2D eigenvalue weighted by Crippen LogP contribution is -2.39. The number of nitrogens with one attached hydrogen (secondary N) is 1. The van der Waals surface area contributed by atoms with E-state index >= 15 is 0 Å². The Labute approximate surface area is 176 Å². The van der Waals surface area contributed by atoms with E-state index in [1.54, 1.807) is 42.6 Å². The molecule has 0 aliphatic rings. The molecule has 2 amide bonds. The van der Waals surface area contributed by atoms with E-state index in [4.69, 9.17) is 0 Å². The Morgan fingerprint density at radius 1 is 0.833 bits per heavy atom. The van der Waals surface area contributed by atoms with Crippen molar-refractivity contribution in [3.8, 4) is 0 Å². The van der Waals surface area contributed by atoms with E-state index in [2.05, 4.69) is 10.5 Å². The van der Waals surface area contributed by atoms with Gasteiger partial charge in [0.25, 0.3) is 11.8 Å². The van der Waals surface area contributed by atoms with E-state index in [-0.39, 0.29) is 18.4 Å². The predicted molar refractivity (Wildman–Crippen MR) is 121 cm³/mol. The van der Waals surface area contributed by atoms with Crippen LogP contribution in [0.15, 0.2) is 90.0 Å². The highest BCUT2D eigenvalue weighted by molar-refractivity contribution is 6.08. The third kappa shape index (κ3) is 5.54. The van der Waals surface area contributed by atoms with Crippen molar-refractivity contribution in [2.24, 2.45) is 5.10 Å². The van der Waals surface area contributed by atoms with Gasteiger partial charge in [-0.15, -0.1) is 0 Å². The molecule has 0 fully saturated rings. The molecule has 6 nitrogen and oxygen atoms in total. The second-order valence-electron chi connectivity index (χ2n) is 6.87. The van der Waals surface area contributed by atoms with Crippen molar-refractivity contribution in [1.82, 2.24) is 5.43 Å². The van der Waals surface area contributed by atoms with Gasteiger partial charge in [-0.2, -0.15) is 5.10 Å². The van der Waals surface area contributed by atoms with Crippen LogP contribution in [0.5, 0.6) is 0 Å². The number of carbonyl (C=O) groups is 2. The van der Waals surface area contributed by atoms with Crippen molar-refractivity contribution < 1.29 is 9.59 Å². The molecule has 0 saturated heterocycles. The number of hydrazone groups is 1. The number of amides is 2. The van der Waals surface area contributed by atoms with Gasteiger partial charge in [0.15, 0.2) is 0 Å². The second kappa shape index (κ2) is 10.0. The first-order chi connectivity index (χ1) is 14.5. The number of anilines is 2. The summed E-state index contributed by atoms with van der Waals surface area (Å²) < 4.78 is 0. The minimum absolute atomic E-state index is 0.144. The fourth-order valence-corrected chi connectivity index (χ4v) is 2.84. The summed E-state index contributed by atoms with van der Waals surface area (Å²) in [7, 11) is 3.94. The Morgan fingerprint density at radius 3 is 2.03 bits per heavy atom. The molecule has 152 valence electrons. The highest BCUT2D eigenvalue weighted by Crippen LogP contribution is 2.16. The lowest BCUT2D eigenvalue weighted by molar-refractivity contribution is -0.119. The summed E-state index contributed by atoms with van der Waals surface area (Å²) in [5, 5.41) is 4.02. The zero-order chi connectivity index (χ0) is 21.3. The van der Waals surface area contributed by atoms with Crippen molar-refractivity contribution >= 4 is 29.4 Å². The highest BCUT2D eigenvalue weighted by Gasteiger charge is 2.20. The molecule has 0 unspecified atom stereocenters. The second-order valence-corrected chi connectivity index (χ2v) is 6.87. The SMILES string of the molecule is CN(C)c1ccc(/C=N/NC(=O)CN(C(=O)c2ccccc2)c2ccccc2)cc1. The number of para-hydroxylation sites is 1. The molecular formula is C24H24N4O2. The molecule has 0 spiro atoms. The molecule has 3 rings (SSSR count). The maximum Gasteiger partial charge on any atom is 0.260 e. The van der Waals surface area contributed by atoms with Crippen LogP contribution in [0.4, 0.5) is 11.4 Å². The van der Waals surface area contributed by atoms with Crippen LogP contribution in [0.2, 0.25) is 0 Å². The number of nitrogens with zero attached hydrogens (tertiary/aromatic N) is 3. The normalized spacial score (nSPS) is 10.6. The first-order valence-corrected chi connectivity index (χ1v) is 9.56. The number of hydrogen-bond acceptors (Lipinski definition) is 4. The van der Waals surface area contributed by atoms with Gasteiger partial charge in [-0.3, -0.25) is 14.5 Å². The number of rotatable bonds is 7. The summed E-state index contributed by atoms with van der Waals surface area (Å²) in [6, 6.07) is 25.8. The molecule has 0 aromatic heterocycles. The van der Waals surface area contributed by atoms with Crippen molar-refractivity contribution in [3.63, 3.8) is 0 Å². The summed E-state index contributed by atoms with van der Waals surface area (Å²) in [6.45, 7) is -0.144. The van der Waals surface area contributed by atoms with E-state index < -0.39 is 0 Å². The van der Waals surface area contributed by atoms with Gasteiger partial charge >= 0.3 is 0 Å². The van der Waals surface area contributed by atoms with Crippen molar-refractivity contribution in [2.45, 2.75) is 0 Å². The van der Waals surface area contributed by atoms with Crippen LogP contribution in [-0.2, 0) is 4.79 Å². The number of carbonyl (C=O) groups excluding carboxylic acids is 2. The lowest BCUT2D eigenvalue weighted by Gasteiger charge is -2.22. The Hall–Kier alpha value is -3.93. The molecular weight excluding hydrogens is 376 g/mol. The standard InChI is InChI=1S/C24H24N4O2/c1-27(2)21-15-13-19(14-16-21)17-25-26-23(29)18-28(22-11-7-4-8-12-22)24(30)20-9-5-3-6-10-20/h3-17H,18H2,1-2H3,(H,26,29)/b25-17+. The van der Waals surface area contributed by atoms with Crippen LogP contribution < -0.4 is 15.2 Å². The Balaban J connectivity index is 1.68. The van der Waals surface area contributed by atoms with Gasteiger partial charge in [0.1, 0.15) is 6.54 Å². The fourth-order valence-electron chi connectivity index (χ4n) is 2.84. The van der Waals surface area contributed by atoms with Gasteiger partial charge in [0, 0.05) is 31.0 Å². The van der Waals surface area contributed by atoms with E-state index in [0.29, 0.717) is 11.3 Å². The molecule has 0 aliphatic heterocycles.